The summed E-state index contributed by atoms with van der Waals surface area (Å²) in [5.41, 5.74) is 3.37. The highest BCUT2D eigenvalue weighted by molar-refractivity contribution is 7.11. The number of hydrogen-bond acceptors (Lipinski definition) is 4. The first-order valence-corrected chi connectivity index (χ1v) is 10.5. The van der Waals surface area contributed by atoms with E-state index in [1.807, 2.05) is 19.1 Å². The van der Waals surface area contributed by atoms with Gasteiger partial charge in [0.25, 0.3) is 0 Å². The van der Waals surface area contributed by atoms with Crippen LogP contribution in [0, 0.1) is 18.8 Å². The first-order valence-electron chi connectivity index (χ1n) is 9.69. The molecule has 1 aromatic heterocycles. The van der Waals surface area contributed by atoms with Gasteiger partial charge in [-0.25, -0.2) is 4.98 Å². The van der Waals surface area contributed by atoms with Gasteiger partial charge in [-0.3, -0.25) is 4.79 Å². The quantitative estimate of drug-likeness (QED) is 0.870. The third kappa shape index (κ3) is 3.78. The number of benzene rings is 1. The van der Waals surface area contributed by atoms with E-state index in [0.717, 1.165) is 49.0 Å². The summed E-state index contributed by atoms with van der Waals surface area (Å²) in [6.45, 7) is 6.64. The van der Waals surface area contributed by atoms with E-state index in [2.05, 4.69) is 34.3 Å². The molecule has 1 unspecified atom stereocenters. The Hall–Kier alpha value is -1.88. The van der Waals surface area contributed by atoms with Gasteiger partial charge in [-0.1, -0.05) is 6.92 Å². The fourth-order valence-corrected chi connectivity index (χ4v) is 5.06. The molecule has 0 spiro atoms. The minimum Gasteiger partial charge on any atom is -0.372 e. The number of carbonyl (C=O) groups is 1. The topological polar surface area (TPSA) is 45.2 Å². The van der Waals surface area contributed by atoms with Gasteiger partial charge in [-0.2, -0.15) is 0 Å². The van der Waals surface area contributed by atoms with Crippen LogP contribution in [0.15, 0.2) is 24.3 Å². The number of hydrogen-bond donors (Lipinski definition) is 1. The molecule has 4 rings (SSSR count). The number of nitrogens with zero attached hydrogens (tertiary/aromatic N) is 2. The zero-order valence-corrected chi connectivity index (χ0v) is 16.4. The number of amides is 1. The maximum Gasteiger partial charge on any atom is 0.227 e. The van der Waals surface area contributed by atoms with Gasteiger partial charge in [0.05, 0.1) is 10.7 Å². The van der Waals surface area contributed by atoms with Crippen LogP contribution in [0.4, 0.5) is 11.4 Å². The summed E-state index contributed by atoms with van der Waals surface area (Å²) in [5.74, 6) is 1.04. The van der Waals surface area contributed by atoms with Crippen LogP contribution in [0.2, 0.25) is 0 Å². The molecule has 1 aliphatic heterocycles. The van der Waals surface area contributed by atoms with Crippen molar-refractivity contribution in [3.63, 3.8) is 0 Å². The van der Waals surface area contributed by atoms with E-state index in [1.165, 1.54) is 29.1 Å². The molecule has 1 N–H and O–H groups in total. The smallest absolute Gasteiger partial charge is 0.227 e. The minimum absolute atomic E-state index is 0.0607. The first-order chi connectivity index (χ1) is 12.6. The molecular formula is C21H27N3OS. The van der Waals surface area contributed by atoms with Crippen molar-refractivity contribution < 1.29 is 4.79 Å². The summed E-state index contributed by atoms with van der Waals surface area (Å²) in [5, 5.41) is 4.22. The zero-order valence-electron chi connectivity index (χ0n) is 15.6. The number of aromatic nitrogens is 1. The van der Waals surface area contributed by atoms with Gasteiger partial charge in [-0.15, -0.1) is 11.3 Å². The SMILES string of the molecule is Cc1nc2c(s1)CC(C(=O)Nc1ccc(N3CCC(C)CC3)cc1)CC2. The highest BCUT2D eigenvalue weighted by Gasteiger charge is 2.27. The van der Waals surface area contributed by atoms with Gasteiger partial charge in [-0.05, 0) is 69.2 Å². The van der Waals surface area contributed by atoms with E-state index < -0.39 is 0 Å². The molecule has 1 fully saturated rings. The molecule has 0 radical (unpaired) electrons. The van der Waals surface area contributed by atoms with Gasteiger partial charge in [0.2, 0.25) is 5.91 Å². The Balaban J connectivity index is 1.36. The Morgan fingerprint density at radius 1 is 1.19 bits per heavy atom. The third-order valence-electron chi connectivity index (χ3n) is 5.70. The number of fused-ring (bicyclic) bond motifs is 1. The molecule has 26 heavy (non-hydrogen) atoms. The van der Waals surface area contributed by atoms with E-state index in [4.69, 9.17) is 0 Å². The number of anilines is 2. The predicted molar refractivity (Wildman–Crippen MR) is 108 cm³/mol. The molecular weight excluding hydrogens is 342 g/mol. The van der Waals surface area contributed by atoms with Crippen LogP contribution >= 0.6 is 11.3 Å². The molecule has 2 aliphatic rings. The number of aryl methyl sites for hydroxylation is 2. The van der Waals surface area contributed by atoms with Crippen LogP contribution in [0.5, 0.6) is 0 Å². The van der Waals surface area contributed by atoms with Crippen LogP contribution in [0.25, 0.3) is 0 Å². The lowest BCUT2D eigenvalue weighted by Crippen LogP contribution is -2.32. The largest absolute Gasteiger partial charge is 0.372 e. The maximum absolute atomic E-state index is 12.7. The van der Waals surface area contributed by atoms with Crippen molar-refractivity contribution in [1.82, 2.24) is 4.98 Å². The van der Waals surface area contributed by atoms with Crippen LogP contribution in [-0.4, -0.2) is 24.0 Å². The van der Waals surface area contributed by atoms with Gasteiger partial charge in [0, 0.05) is 35.3 Å². The van der Waals surface area contributed by atoms with Gasteiger partial charge < -0.3 is 10.2 Å². The van der Waals surface area contributed by atoms with Crippen molar-refractivity contribution in [3.05, 3.63) is 39.8 Å². The number of carbonyl (C=O) groups excluding carboxylic acids is 1. The summed E-state index contributed by atoms with van der Waals surface area (Å²) >= 11 is 1.74. The molecule has 1 saturated heterocycles. The maximum atomic E-state index is 12.7. The summed E-state index contributed by atoms with van der Waals surface area (Å²) in [7, 11) is 0. The molecule has 0 bridgehead atoms. The second-order valence-electron chi connectivity index (χ2n) is 7.75. The Kier molecular flexibility index (Phi) is 4.98. The minimum atomic E-state index is 0.0607. The molecule has 1 amide bonds. The van der Waals surface area contributed by atoms with Crippen LogP contribution in [-0.2, 0) is 17.6 Å². The van der Waals surface area contributed by atoms with Crippen LogP contribution in [0.3, 0.4) is 0 Å². The summed E-state index contributed by atoms with van der Waals surface area (Å²) in [4.78, 5) is 21.0. The molecule has 0 saturated carbocycles. The lowest BCUT2D eigenvalue weighted by molar-refractivity contribution is -0.120. The van der Waals surface area contributed by atoms with Crippen molar-refractivity contribution in [2.24, 2.45) is 11.8 Å². The Morgan fingerprint density at radius 3 is 2.65 bits per heavy atom. The summed E-state index contributed by atoms with van der Waals surface area (Å²) in [6, 6.07) is 8.35. The average Bonchev–Trinajstić information content (AvgIpc) is 3.02. The number of thiazole rings is 1. The third-order valence-corrected chi connectivity index (χ3v) is 6.74. The molecule has 1 aromatic carbocycles. The van der Waals surface area contributed by atoms with E-state index in [0.29, 0.717) is 0 Å². The van der Waals surface area contributed by atoms with Gasteiger partial charge in [0.1, 0.15) is 0 Å². The molecule has 1 aliphatic carbocycles. The fraction of sp³-hybridized carbons (Fsp3) is 0.524. The summed E-state index contributed by atoms with van der Waals surface area (Å²) in [6.07, 6.45) is 5.17. The molecule has 5 heteroatoms. The highest BCUT2D eigenvalue weighted by atomic mass is 32.1. The number of piperidine rings is 1. The lowest BCUT2D eigenvalue weighted by Gasteiger charge is -2.32. The average molecular weight is 370 g/mol. The van der Waals surface area contributed by atoms with E-state index >= 15 is 0 Å². The summed E-state index contributed by atoms with van der Waals surface area (Å²) < 4.78 is 0. The van der Waals surface area contributed by atoms with E-state index in [-0.39, 0.29) is 11.8 Å². The zero-order chi connectivity index (χ0) is 18.1. The van der Waals surface area contributed by atoms with Crippen molar-refractivity contribution in [2.45, 2.75) is 46.0 Å². The molecule has 2 aromatic rings. The van der Waals surface area contributed by atoms with Crippen LogP contribution < -0.4 is 10.2 Å². The van der Waals surface area contributed by atoms with E-state index in [9.17, 15) is 4.79 Å². The molecule has 138 valence electrons. The number of rotatable bonds is 3. The standard InChI is InChI=1S/C21H27N3OS/c1-14-9-11-24(12-10-14)18-6-4-17(5-7-18)23-21(25)16-3-8-19-20(13-16)26-15(2)22-19/h4-7,14,16H,3,8-13H2,1-2H3,(H,23,25). The molecule has 4 nitrogen and oxygen atoms in total. The molecule has 2 heterocycles. The second-order valence-corrected chi connectivity index (χ2v) is 9.04. The predicted octanol–water partition coefficient (Wildman–Crippen LogP) is 4.43. The van der Waals surface area contributed by atoms with Crippen LogP contribution in [0.1, 0.15) is 41.8 Å². The monoisotopic (exact) mass is 369 g/mol. The lowest BCUT2D eigenvalue weighted by atomic mass is 9.90. The second kappa shape index (κ2) is 7.39. The van der Waals surface area contributed by atoms with Gasteiger partial charge in [0.15, 0.2) is 0 Å². The number of nitrogens with one attached hydrogen (secondary N) is 1. The van der Waals surface area contributed by atoms with Crippen molar-refractivity contribution in [1.29, 1.82) is 0 Å². The van der Waals surface area contributed by atoms with Crippen molar-refractivity contribution >= 4 is 28.6 Å². The normalized spacial score (nSPS) is 20.7. The van der Waals surface area contributed by atoms with Gasteiger partial charge >= 0.3 is 0 Å². The van der Waals surface area contributed by atoms with Crippen molar-refractivity contribution in [3.8, 4) is 0 Å². The Bertz CT molecular complexity index is 775. The molecule has 1 atom stereocenters. The van der Waals surface area contributed by atoms with E-state index in [1.54, 1.807) is 11.3 Å². The fourth-order valence-electron chi connectivity index (χ4n) is 3.99. The highest BCUT2D eigenvalue weighted by Crippen LogP contribution is 2.31. The Labute approximate surface area is 159 Å². The first kappa shape index (κ1) is 17.5. The van der Waals surface area contributed by atoms with Crippen molar-refractivity contribution in [2.75, 3.05) is 23.3 Å². The Morgan fingerprint density at radius 2 is 1.92 bits per heavy atom.